The van der Waals surface area contributed by atoms with Crippen molar-refractivity contribution in [1.29, 1.82) is 0 Å². The van der Waals surface area contributed by atoms with Gasteiger partial charge in [-0.15, -0.1) is 0 Å². The molecule has 1 aromatic carbocycles. The molecule has 13 nitrogen and oxygen atoms in total. The van der Waals surface area contributed by atoms with Crippen LogP contribution in [-0.2, 0) is 68.5 Å². The van der Waals surface area contributed by atoms with Crippen LogP contribution in [0.25, 0.3) is 0 Å². The van der Waals surface area contributed by atoms with Gasteiger partial charge in [0.1, 0.15) is 13.2 Å². The van der Waals surface area contributed by atoms with Gasteiger partial charge in [-0.25, -0.2) is 4.79 Å². The van der Waals surface area contributed by atoms with E-state index >= 15 is 0 Å². The number of rotatable bonds is 20. The Morgan fingerprint density at radius 1 is 0.625 bits per heavy atom. The van der Waals surface area contributed by atoms with Gasteiger partial charge < -0.3 is 37.9 Å². The molecule has 1 aromatic rings. The second kappa shape index (κ2) is 28.8. The van der Waals surface area contributed by atoms with Gasteiger partial charge in [0, 0.05) is 20.1 Å². The molecule has 1 aliphatic heterocycles. The molecule has 1 atom stereocenters. The quantitative estimate of drug-likeness (QED) is 0.0541. The molecule has 1 fully saturated rings. The second-order valence-electron chi connectivity index (χ2n) is 15.6. The minimum atomic E-state index is -0.687. The van der Waals surface area contributed by atoms with Crippen LogP contribution in [0.3, 0.4) is 0 Å². The Kier molecular flexibility index (Phi) is 28.0. The van der Waals surface area contributed by atoms with Crippen LogP contribution >= 0.6 is 0 Å². The van der Waals surface area contributed by atoms with Gasteiger partial charge >= 0.3 is 29.8 Å². The standard InChI is InChI=1S/C13H18O2.C11H22O4.C10H16O4.C9H18O3/c1-4-13(2,3)12(14)15-10-11-8-6-5-7-9-11;1-5-11(2,3)10(12)15-9-8-14-7-6-13-4;1-4-10(2,3)9(12)14-7-5-6-13-8(7)11;1-5-9(3,4)8(10)12-7-11-6-2/h5-9H,4,10H2,1-3H3;5-9H2,1-4H3;7H,4-6H2,1-3H3;5-7H2,1-4H3. The Morgan fingerprint density at radius 2 is 1.09 bits per heavy atom. The van der Waals surface area contributed by atoms with Crippen LogP contribution in [0.4, 0.5) is 0 Å². The number of hydrogen-bond donors (Lipinski definition) is 0. The van der Waals surface area contributed by atoms with Gasteiger partial charge in [-0.3, -0.25) is 19.2 Å². The lowest BCUT2D eigenvalue weighted by Gasteiger charge is -2.21. The second-order valence-corrected chi connectivity index (χ2v) is 15.6. The first-order valence-electron chi connectivity index (χ1n) is 19.7. The van der Waals surface area contributed by atoms with Crippen LogP contribution in [0.15, 0.2) is 30.3 Å². The topological polar surface area (TPSA) is 159 Å². The summed E-state index contributed by atoms with van der Waals surface area (Å²) < 4.78 is 39.8. The fraction of sp³-hybridized carbons (Fsp3) is 0.744. The van der Waals surface area contributed by atoms with E-state index in [4.69, 9.17) is 37.9 Å². The Labute approximate surface area is 337 Å². The summed E-state index contributed by atoms with van der Waals surface area (Å²) in [4.78, 5) is 57.0. The van der Waals surface area contributed by atoms with E-state index in [1.54, 1.807) is 21.0 Å². The number of hydrogen-bond acceptors (Lipinski definition) is 13. The van der Waals surface area contributed by atoms with Gasteiger partial charge in [0.05, 0.1) is 48.1 Å². The fourth-order valence-corrected chi connectivity index (χ4v) is 3.38. The summed E-state index contributed by atoms with van der Waals surface area (Å²) in [5.74, 6) is -1.25. The zero-order valence-corrected chi connectivity index (χ0v) is 37.0. The van der Waals surface area contributed by atoms with E-state index < -0.39 is 28.3 Å². The van der Waals surface area contributed by atoms with Gasteiger partial charge in [0.25, 0.3) is 0 Å². The maximum Gasteiger partial charge on any atom is 0.347 e. The van der Waals surface area contributed by atoms with E-state index in [0.29, 0.717) is 59.1 Å². The van der Waals surface area contributed by atoms with E-state index in [9.17, 15) is 24.0 Å². The van der Waals surface area contributed by atoms with E-state index in [2.05, 4.69) is 0 Å². The van der Waals surface area contributed by atoms with Crippen molar-refractivity contribution in [1.82, 2.24) is 0 Å². The predicted octanol–water partition coefficient (Wildman–Crippen LogP) is 8.04. The van der Waals surface area contributed by atoms with E-state index in [1.807, 2.05) is 106 Å². The molecule has 0 bridgehead atoms. The molecule has 324 valence electrons. The monoisotopic (exact) mass is 799 g/mol. The van der Waals surface area contributed by atoms with Crippen LogP contribution < -0.4 is 0 Å². The minimum absolute atomic E-state index is 0.0682. The molecule has 1 unspecified atom stereocenters. The van der Waals surface area contributed by atoms with Crippen molar-refractivity contribution >= 4 is 29.8 Å². The Bertz CT molecular complexity index is 1260. The third-order valence-corrected chi connectivity index (χ3v) is 9.47. The van der Waals surface area contributed by atoms with Crippen molar-refractivity contribution in [2.24, 2.45) is 21.7 Å². The molecule has 0 radical (unpaired) electrons. The van der Waals surface area contributed by atoms with Crippen molar-refractivity contribution in [3.63, 3.8) is 0 Å². The highest BCUT2D eigenvalue weighted by atomic mass is 16.7. The summed E-state index contributed by atoms with van der Waals surface area (Å²) in [6.07, 6.45) is 2.82. The number of carbonyl (C=O) groups excluding carboxylic acids is 5. The normalized spacial score (nSPS) is 14.0. The Balaban J connectivity index is 0. The lowest BCUT2D eigenvalue weighted by atomic mass is 9.90. The molecule has 0 N–H and O–H groups in total. The number of ether oxygens (including phenoxy) is 8. The molecule has 1 heterocycles. The highest BCUT2D eigenvalue weighted by Gasteiger charge is 2.35. The van der Waals surface area contributed by atoms with E-state index in [0.717, 1.165) is 24.8 Å². The first-order chi connectivity index (χ1) is 26.1. The third kappa shape index (κ3) is 23.5. The molecule has 1 saturated heterocycles. The van der Waals surface area contributed by atoms with Gasteiger partial charge in [0.15, 0.2) is 6.79 Å². The van der Waals surface area contributed by atoms with Crippen LogP contribution in [0.1, 0.15) is 128 Å². The first-order valence-corrected chi connectivity index (χ1v) is 19.7. The molecule has 0 saturated carbocycles. The molecule has 0 aromatic heterocycles. The highest BCUT2D eigenvalue weighted by Crippen LogP contribution is 2.25. The average Bonchev–Trinajstić information content (AvgIpc) is 3.59. The van der Waals surface area contributed by atoms with Gasteiger partial charge in [-0.1, -0.05) is 58.0 Å². The molecule has 0 spiro atoms. The molecule has 0 amide bonds. The van der Waals surface area contributed by atoms with Crippen LogP contribution in [0, 0.1) is 21.7 Å². The summed E-state index contributed by atoms with van der Waals surface area (Å²) in [7, 11) is 1.62. The molecule has 2 rings (SSSR count). The van der Waals surface area contributed by atoms with Crippen molar-refractivity contribution in [3.05, 3.63) is 35.9 Å². The number of cyclic esters (lactones) is 1. The highest BCUT2D eigenvalue weighted by molar-refractivity contribution is 5.82. The maximum absolute atomic E-state index is 11.6. The number of methoxy groups -OCH3 is 1. The smallest absolute Gasteiger partial charge is 0.347 e. The molecule has 56 heavy (non-hydrogen) atoms. The third-order valence-electron chi connectivity index (χ3n) is 9.47. The predicted molar refractivity (Wildman–Crippen MR) is 214 cm³/mol. The lowest BCUT2D eigenvalue weighted by Crippen LogP contribution is -2.32. The number of benzene rings is 1. The van der Waals surface area contributed by atoms with Gasteiger partial charge in [0.2, 0.25) is 6.10 Å². The molecular formula is C43H74O13. The van der Waals surface area contributed by atoms with Crippen molar-refractivity contribution in [2.45, 2.75) is 135 Å². The number of carbonyl (C=O) groups is 5. The molecule has 0 aliphatic carbocycles. The van der Waals surface area contributed by atoms with Crippen LogP contribution in [0.5, 0.6) is 0 Å². The van der Waals surface area contributed by atoms with E-state index in [-0.39, 0.29) is 36.1 Å². The number of esters is 5. The molecule has 1 aliphatic rings. The van der Waals surface area contributed by atoms with Gasteiger partial charge in [-0.05, 0) is 93.6 Å². The zero-order valence-electron chi connectivity index (χ0n) is 37.0. The summed E-state index contributed by atoms with van der Waals surface area (Å²) in [5.41, 5.74) is -0.667. The summed E-state index contributed by atoms with van der Waals surface area (Å²) >= 11 is 0. The van der Waals surface area contributed by atoms with Crippen molar-refractivity contribution in [3.8, 4) is 0 Å². The van der Waals surface area contributed by atoms with Crippen LogP contribution in [0.2, 0.25) is 0 Å². The molecular weight excluding hydrogens is 724 g/mol. The first kappa shape index (κ1) is 54.5. The van der Waals surface area contributed by atoms with E-state index in [1.165, 1.54) is 0 Å². The molecule has 13 heteroatoms. The van der Waals surface area contributed by atoms with Crippen molar-refractivity contribution in [2.75, 3.05) is 53.5 Å². The van der Waals surface area contributed by atoms with Crippen molar-refractivity contribution < 1.29 is 61.9 Å². The summed E-state index contributed by atoms with van der Waals surface area (Å²) in [5, 5.41) is 0. The minimum Gasteiger partial charge on any atom is -0.463 e. The Morgan fingerprint density at radius 3 is 1.54 bits per heavy atom. The summed E-state index contributed by atoms with van der Waals surface area (Å²) in [6.45, 7) is 27.8. The summed E-state index contributed by atoms with van der Waals surface area (Å²) in [6, 6.07) is 9.72. The lowest BCUT2D eigenvalue weighted by molar-refractivity contribution is -0.167. The SMILES string of the molecule is CCC(C)(C)C(=O)OC1CCOC1=O.CCC(C)(C)C(=O)OCCOCCOC.CCC(C)(C)C(=O)OCc1ccccc1.CCOCOC(=O)C(C)(C)CC. The maximum atomic E-state index is 11.6. The fourth-order valence-electron chi connectivity index (χ4n) is 3.38. The average molecular weight is 799 g/mol. The largest absolute Gasteiger partial charge is 0.463 e. The Hall–Kier alpha value is -3.55. The zero-order chi connectivity index (χ0) is 43.4. The van der Waals surface area contributed by atoms with Crippen LogP contribution in [-0.4, -0.2) is 89.5 Å². The van der Waals surface area contributed by atoms with Gasteiger partial charge in [-0.2, -0.15) is 0 Å².